The first-order valence-corrected chi connectivity index (χ1v) is 7.86. The van der Waals surface area contributed by atoms with Crippen LogP contribution in [0.25, 0.3) is 0 Å². The van der Waals surface area contributed by atoms with Gasteiger partial charge in [-0.1, -0.05) is 18.2 Å². The maximum Gasteiger partial charge on any atom is 0.178 e. The number of nitrogens with one attached hydrogen (secondary N) is 1. The summed E-state index contributed by atoms with van der Waals surface area (Å²) in [5, 5.41) is 3.44. The van der Waals surface area contributed by atoms with Crippen molar-refractivity contribution in [1.29, 1.82) is 0 Å². The van der Waals surface area contributed by atoms with Gasteiger partial charge in [0.05, 0.1) is 10.6 Å². The lowest BCUT2D eigenvalue weighted by atomic mass is 10.0. The number of hydrogen-bond acceptors (Lipinski definition) is 4. The Morgan fingerprint density at radius 2 is 2.06 bits per heavy atom. The van der Waals surface area contributed by atoms with E-state index < -0.39 is 9.84 Å². The van der Waals surface area contributed by atoms with Crippen molar-refractivity contribution >= 4 is 9.84 Å². The molecule has 2 rings (SSSR count). The van der Waals surface area contributed by atoms with E-state index in [1.54, 1.807) is 12.1 Å². The van der Waals surface area contributed by atoms with Gasteiger partial charge in [0.1, 0.15) is 0 Å². The van der Waals surface area contributed by atoms with E-state index in [1.807, 2.05) is 26.2 Å². The van der Waals surface area contributed by atoms with E-state index in [-0.39, 0.29) is 11.8 Å². The first kappa shape index (κ1) is 13.5. The molecule has 18 heavy (non-hydrogen) atoms. The summed E-state index contributed by atoms with van der Waals surface area (Å²) in [6, 6.07) is 7.48. The summed E-state index contributed by atoms with van der Waals surface area (Å²) in [7, 11) is 0.991. The number of sulfone groups is 1. The Kier molecular flexibility index (Phi) is 4.04. The highest BCUT2D eigenvalue weighted by Gasteiger charge is 2.29. The molecule has 1 N–H and O–H groups in total. The van der Waals surface area contributed by atoms with Crippen LogP contribution < -0.4 is 5.32 Å². The third kappa shape index (κ3) is 2.91. The van der Waals surface area contributed by atoms with E-state index in [0.29, 0.717) is 11.3 Å². The molecule has 0 spiro atoms. The van der Waals surface area contributed by atoms with Gasteiger partial charge in [0.15, 0.2) is 9.84 Å². The SMILES string of the molecule is CN(C)CCNC1CCS(=O)(=O)c2ccccc21. The summed E-state index contributed by atoms with van der Waals surface area (Å²) in [4.78, 5) is 2.61. The third-order valence-corrected chi connectivity index (χ3v) is 5.07. The standard InChI is InChI=1S/C13H20N2O2S/c1-15(2)9-8-14-12-7-10-18(16,17)13-6-4-3-5-11(12)13/h3-6,12,14H,7-10H2,1-2H3. The van der Waals surface area contributed by atoms with Gasteiger partial charge in [-0.2, -0.15) is 0 Å². The Labute approximate surface area is 109 Å². The van der Waals surface area contributed by atoms with Crippen LogP contribution in [0.3, 0.4) is 0 Å². The molecule has 0 radical (unpaired) electrons. The van der Waals surface area contributed by atoms with Crippen molar-refractivity contribution < 1.29 is 8.42 Å². The summed E-state index contributed by atoms with van der Waals surface area (Å²) in [6.45, 7) is 1.82. The molecule has 0 aliphatic carbocycles. The zero-order chi connectivity index (χ0) is 13.2. The Morgan fingerprint density at radius 3 is 2.78 bits per heavy atom. The second-order valence-electron chi connectivity index (χ2n) is 4.96. The number of nitrogens with zero attached hydrogens (tertiary/aromatic N) is 1. The Bertz CT molecular complexity index is 511. The zero-order valence-corrected chi connectivity index (χ0v) is 11.7. The van der Waals surface area contributed by atoms with Gasteiger partial charge in [0, 0.05) is 19.1 Å². The van der Waals surface area contributed by atoms with Gasteiger partial charge in [-0.25, -0.2) is 8.42 Å². The number of rotatable bonds is 4. The van der Waals surface area contributed by atoms with Gasteiger partial charge < -0.3 is 10.2 Å². The predicted molar refractivity (Wildman–Crippen MR) is 72.4 cm³/mol. The number of fused-ring (bicyclic) bond motifs is 1. The third-order valence-electron chi connectivity index (χ3n) is 3.25. The van der Waals surface area contributed by atoms with E-state index in [4.69, 9.17) is 0 Å². The van der Waals surface area contributed by atoms with Crippen LogP contribution in [0.4, 0.5) is 0 Å². The molecule has 0 saturated carbocycles. The molecular weight excluding hydrogens is 248 g/mol. The van der Waals surface area contributed by atoms with Crippen molar-refractivity contribution in [1.82, 2.24) is 10.2 Å². The van der Waals surface area contributed by atoms with Crippen LogP contribution in [-0.2, 0) is 9.84 Å². The lowest BCUT2D eigenvalue weighted by Gasteiger charge is -2.26. The van der Waals surface area contributed by atoms with E-state index in [9.17, 15) is 8.42 Å². The Morgan fingerprint density at radius 1 is 1.33 bits per heavy atom. The molecule has 1 unspecified atom stereocenters. The number of benzene rings is 1. The highest BCUT2D eigenvalue weighted by atomic mass is 32.2. The fourth-order valence-corrected chi connectivity index (χ4v) is 3.89. The summed E-state index contributed by atoms with van der Waals surface area (Å²) in [6.07, 6.45) is 0.659. The summed E-state index contributed by atoms with van der Waals surface area (Å²) < 4.78 is 23.9. The van der Waals surface area contributed by atoms with Crippen LogP contribution in [0.1, 0.15) is 18.0 Å². The van der Waals surface area contributed by atoms with Crippen molar-refractivity contribution in [3.05, 3.63) is 29.8 Å². The highest BCUT2D eigenvalue weighted by molar-refractivity contribution is 7.91. The molecule has 5 heteroatoms. The monoisotopic (exact) mass is 268 g/mol. The van der Waals surface area contributed by atoms with E-state index >= 15 is 0 Å². The maximum absolute atomic E-state index is 12.0. The van der Waals surface area contributed by atoms with Gasteiger partial charge in [-0.15, -0.1) is 0 Å². The molecule has 0 saturated heterocycles. The molecule has 100 valence electrons. The lowest BCUT2D eigenvalue weighted by Crippen LogP contribution is -2.34. The maximum atomic E-state index is 12.0. The fraction of sp³-hybridized carbons (Fsp3) is 0.538. The minimum absolute atomic E-state index is 0.157. The van der Waals surface area contributed by atoms with E-state index in [2.05, 4.69) is 10.2 Å². The molecule has 1 heterocycles. The Hall–Kier alpha value is -0.910. The van der Waals surface area contributed by atoms with Crippen LogP contribution in [0.5, 0.6) is 0 Å². The predicted octanol–water partition coefficient (Wildman–Crippen LogP) is 1.06. The van der Waals surface area contributed by atoms with Crippen molar-refractivity contribution in [2.75, 3.05) is 32.9 Å². The molecule has 1 aliphatic heterocycles. The van der Waals surface area contributed by atoms with Gasteiger partial charge in [-0.05, 0) is 32.1 Å². The quantitative estimate of drug-likeness (QED) is 0.887. The topological polar surface area (TPSA) is 49.4 Å². The highest BCUT2D eigenvalue weighted by Crippen LogP contribution is 2.31. The molecule has 1 aliphatic rings. The minimum Gasteiger partial charge on any atom is -0.309 e. The van der Waals surface area contributed by atoms with Gasteiger partial charge in [0.2, 0.25) is 0 Å². The molecule has 1 aromatic carbocycles. The number of likely N-dealkylation sites (N-methyl/N-ethyl adjacent to an activating group) is 1. The largest absolute Gasteiger partial charge is 0.309 e. The van der Waals surface area contributed by atoms with Gasteiger partial charge >= 0.3 is 0 Å². The molecule has 0 fully saturated rings. The van der Waals surface area contributed by atoms with E-state index in [0.717, 1.165) is 18.7 Å². The van der Waals surface area contributed by atoms with Crippen molar-refractivity contribution in [3.63, 3.8) is 0 Å². The average molecular weight is 268 g/mol. The van der Waals surface area contributed by atoms with Crippen LogP contribution in [0.15, 0.2) is 29.2 Å². The smallest absolute Gasteiger partial charge is 0.178 e. The molecule has 1 aromatic rings. The second kappa shape index (κ2) is 5.38. The summed E-state index contributed by atoms with van der Waals surface area (Å²) in [5.41, 5.74) is 0.919. The molecule has 0 aromatic heterocycles. The molecule has 1 atom stereocenters. The minimum atomic E-state index is -3.07. The van der Waals surface area contributed by atoms with Crippen LogP contribution in [0, 0.1) is 0 Å². The van der Waals surface area contributed by atoms with Gasteiger partial charge in [0.25, 0.3) is 0 Å². The lowest BCUT2D eigenvalue weighted by molar-refractivity contribution is 0.379. The van der Waals surface area contributed by atoms with Crippen LogP contribution in [-0.4, -0.2) is 46.3 Å². The van der Waals surface area contributed by atoms with Crippen molar-refractivity contribution in [3.8, 4) is 0 Å². The normalized spacial score (nSPS) is 21.8. The summed E-state index contributed by atoms with van der Waals surface area (Å²) >= 11 is 0. The molecule has 4 nitrogen and oxygen atoms in total. The number of hydrogen-bond donors (Lipinski definition) is 1. The fourth-order valence-electron chi connectivity index (χ4n) is 2.26. The molecular formula is C13H20N2O2S. The summed E-state index contributed by atoms with van der Waals surface area (Å²) in [5.74, 6) is 0.240. The van der Waals surface area contributed by atoms with Gasteiger partial charge in [-0.3, -0.25) is 0 Å². The van der Waals surface area contributed by atoms with E-state index in [1.165, 1.54) is 0 Å². The molecule has 0 bridgehead atoms. The van der Waals surface area contributed by atoms with Crippen molar-refractivity contribution in [2.45, 2.75) is 17.4 Å². The van der Waals surface area contributed by atoms with Crippen LogP contribution >= 0.6 is 0 Å². The van der Waals surface area contributed by atoms with Crippen LogP contribution in [0.2, 0.25) is 0 Å². The first-order chi connectivity index (χ1) is 8.50. The first-order valence-electron chi connectivity index (χ1n) is 6.20. The Balaban J connectivity index is 2.16. The zero-order valence-electron chi connectivity index (χ0n) is 10.9. The second-order valence-corrected chi connectivity index (χ2v) is 7.03. The molecule has 0 amide bonds. The average Bonchev–Trinajstić information content (AvgIpc) is 2.32. The van der Waals surface area contributed by atoms with Crippen molar-refractivity contribution in [2.24, 2.45) is 0 Å².